The number of halogens is 2. The van der Waals surface area contributed by atoms with Gasteiger partial charge in [0, 0.05) is 19.1 Å². The quantitative estimate of drug-likeness (QED) is 0.752. The third-order valence-electron chi connectivity index (χ3n) is 3.44. The van der Waals surface area contributed by atoms with Gasteiger partial charge in [-0.2, -0.15) is 0 Å². The summed E-state index contributed by atoms with van der Waals surface area (Å²) in [4.78, 5) is 12.0. The van der Waals surface area contributed by atoms with Crippen molar-refractivity contribution in [2.75, 3.05) is 18.5 Å². The fourth-order valence-electron chi connectivity index (χ4n) is 2.24. The van der Waals surface area contributed by atoms with E-state index in [0.717, 1.165) is 11.6 Å². The molecule has 122 valence electrons. The van der Waals surface area contributed by atoms with Crippen molar-refractivity contribution in [1.82, 2.24) is 5.32 Å². The van der Waals surface area contributed by atoms with Crippen LogP contribution >= 0.6 is 11.6 Å². The zero-order chi connectivity index (χ0) is 16.7. The SMILES string of the molecule is O=C(NCC(CCO)c1ccccc1)Nc1ccc(F)cc1Cl. The Labute approximate surface area is 139 Å². The van der Waals surface area contributed by atoms with Crippen LogP contribution in [0.4, 0.5) is 14.9 Å². The van der Waals surface area contributed by atoms with E-state index in [1.807, 2.05) is 30.3 Å². The first-order chi connectivity index (χ1) is 11.1. The molecule has 2 rings (SSSR count). The lowest BCUT2D eigenvalue weighted by Crippen LogP contribution is -2.32. The van der Waals surface area contributed by atoms with Gasteiger partial charge in [0.05, 0.1) is 10.7 Å². The summed E-state index contributed by atoms with van der Waals surface area (Å²) in [6.07, 6.45) is 0.543. The second kappa shape index (κ2) is 8.50. The topological polar surface area (TPSA) is 61.4 Å². The molecule has 0 heterocycles. The summed E-state index contributed by atoms with van der Waals surface area (Å²) >= 11 is 5.87. The maximum absolute atomic E-state index is 13.0. The minimum atomic E-state index is -0.465. The van der Waals surface area contributed by atoms with Gasteiger partial charge in [-0.25, -0.2) is 9.18 Å². The number of carbonyl (C=O) groups excluding carboxylic acids is 1. The maximum atomic E-state index is 13.0. The molecule has 0 bridgehead atoms. The smallest absolute Gasteiger partial charge is 0.319 e. The molecule has 0 aliphatic rings. The highest BCUT2D eigenvalue weighted by Crippen LogP contribution is 2.22. The minimum absolute atomic E-state index is 0.00985. The fourth-order valence-corrected chi connectivity index (χ4v) is 2.46. The highest BCUT2D eigenvalue weighted by Gasteiger charge is 2.13. The van der Waals surface area contributed by atoms with Crippen molar-refractivity contribution in [2.24, 2.45) is 0 Å². The van der Waals surface area contributed by atoms with Crippen LogP contribution in [0.2, 0.25) is 5.02 Å². The number of aliphatic hydroxyl groups excluding tert-OH is 1. The van der Waals surface area contributed by atoms with Crippen LogP contribution in [0, 0.1) is 5.82 Å². The Morgan fingerprint density at radius 2 is 1.96 bits per heavy atom. The Kier molecular flexibility index (Phi) is 6.38. The second-order valence-electron chi connectivity index (χ2n) is 5.08. The van der Waals surface area contributed by atoms with Crippen molar-refractivity contribution >= 4 is 23.3 Å². The van der Waals surface area contributed by atoms with E-state index in [9.17, 15) is 14.3 Å². The number of hydrogen-bond donors (Lipinski definition) is 3. The largest absolute Gasteiger partial charge is 0.396 e. The Hall–Kier alpha value is -2.11. The summed E-state index contributed by atoms with van der Waals surface area (Å²) in [6.45, 7) is 0.405. The van der Waals surface area contributed by atoms with E-state index in [4.69, 9.17) is 11.6 Å². The van der Waals surface area contributed by atoms with E-state index in [1.54, 1.807) is 0 Å². The highest BCUT2D eigenvalue weighted by molar-refractivity contribution is 6.33. The van der Waals surface area contributed by atoms with E-state index in [1.165, 1.54) is 12.1 Å². The fraction of sp³-hybridized carbons (Fsp3) is 0.235. The van der Waals surface area contributed by atoms with Crippen molar-refractivity contribution in [3.63, 3.8) is 0 Å². The molecule has 6 heteroatoms. The Bertz CT molecular complexity index is 652. The molecule has 2 amide bonds. The van der Waals surface area contributed by atoms with E-state index < -0.39 is 11.8 Å². The normalized spacial score (nSPS) is 11.8. The van der Waals surface area contributed by atoms with Crippen LogP contribution in [0.15, 0.2) is 48.5 Å². The molecule has 3 N–H and O–H groups in total. The van der Waals surface area contributed by atoms with Crippen LogP contribution < -0.4 is 10.6 Å². The molecule has 2 aromatic carbocycles. The van der Waals surface area contributed by atoms with Gasteiger partial charge in [0.2, 0.25) is 0 Å². The first-order valence-electron chi connectivity index (χ1n) is 7.26. The van der Waals surface area contributed by atoms with E-state index in [2.05, 4.69) is 10.6 Å². The maximum Gasteiger partial charge on any atom is 0.319 e. The molecule has 0 radical (unpaired) electrons. The van der Waals surface area contributed by atoms with E-state index in [0.29, 0.717) is 18.7 Å². The van der Waals surface area contributed by atoms with E-state index >= 15 is 0 Å². The van der Waals surface area contributed by atoms with E-state index in [-0.39, 0.29) is 17.5 Å². The van der Waals surface area contributed by atoms with Crippen molar-refractivity contribution < 1.29 is 14.3 Å². The Morgan fingerprint density at radius 1 is 1.22 bits per heavy atom. The predicted molar refractivity (Wildman–Crippen MR) is 89.3 cm³/mol. The van der Waals surface area contributed by atoms with Crippen LogP contribution in [0.1, 0.15) is 17.9 Å². The summed E-state index contributed by atoms with van der Waals surface area (Å²) in [7, 11) is 0. The van der Waals surface area contributed by atoms with Crippen LogP contribution in [0.3, 0.4) is 0 Å². The summed E-state index contributed by atoms with van der Waals surface area (Å²) in [6, 6.07) is 13.0. The van der Waals surface area contributed by atoms with Gasteiger partial charge in [-0.05, 0) is 30.2 Å². The molecule has 0 aliphatic carbocycles. The summed E-state index contributed by atoms with van der Waals surface area (Å²) in [5.41, 5.74) is 1.38. The molecule has 0 aromatic heterocycles. The van der Waals surface area contributed by atoms with Crippen LogP contribution in [-0.4, -0.2) is 24.3 Å². The lowest BCUT2D eigenvalue weighted by atomic mass is 9.96. The monoisotopic (exact) mass is 336 g/mol. The highest BCUT2D eigenvalue weighted by atomic mass is 35.5. The number of rotatable bonds is 6. The first kappa shape index (κ1) is 17.2. The molecule has 4 nitrogen and oxygen atoms in total. The molecule has 0 fully saturated rings. The molecular formula is C17H18ClFN2O2. The molecule has 23 heavy (non-hydrogen) atoms. The summed E-state index contributed by atoms with van der Waals surface area (Å²) < 4.78 is 13.0. The third kappa shape index (κ3) is 5.23. The zero-order valence-corrected chi connectivity index (χ0v) is 13.2. The van der Waals surface area contributed by atoms with Gasteiger partial charge in [0.1, 0.15) is 5.82 Å². The molecule has 2 aromatic rings. The number of urea groups is 1. The van der Waals surface area contributed by atoms with Crippen LogP contribution in [0.25, 0.3) is 0 Å². The number of anilines is 1. The number of nitrogens with one attached hydrogen (secondary N) is 2. The van der Waals surface area contributed by atoms with Gasteiger partial charge in [0.25, 0.3) is 0 Å². The number of hydrogen-bond acceptors (Lipinski definition) is 2. The molecule has 0 spiro atoms. The minimum Gasteiger partial charge on any atom is -0.396 e. The zero-order valence-electron chi connectivity index (χ0n) is 12.4. The van der Waals surface area contributed by atoms with Gasteiger partial charge in [-0.15, -0.1) is 0 Å². The third-order valence-corrected chi connectivity index (χ3v) is 3.75. The second-order valence-corrected chi connectivity index (χ2v) is 5.49. The standard InChI is InChI=1S/C17H18ClFN2O2/c18-15-10-14(19)6-7-16(15)21-17(23)20-11-13(8-9-22)12-4-2-1-3-5-12/h1-7,10,13,22H,8-9,11H2,(H2,20,21,23). The Morgan fingerprint density at radius 3 is 2.61 bits per heavy atom. The first-order valence-corrected chi connectivity index (χ1v) is 7.63. The van der Waals surface area contributed by atoms with Crippen molar-refractivity contribution in [3.05, 3.63) is 64.9 Å². The molecule has 1 atom stereocenters. The van der Waals surface area contributed by atoms with Gasteiger partial charge < -0.3 is 15.7 Å². The lowest BCUT2D eigenvalue weighted by molar-refractivity contribution is 0.248. The molecule has 0 aliphatic heterocycles. The van der Waals surface area contributed by atoms with Gasteiger partial charge >= 0.3 is 6.03 Å². The summed E-state index contributed by atoms with van der Waals surface area (Å²) in [5, 5.41) is 14.6. The average molecular weight is 337 g/mol. The van der Waals surface area contributed by atoms with Gasteiger partial charge in [0.15, 0.2) is 0 Å². The van der Waals surface area contributed by atoms with Crippen molar-refractivity contribution in [1.29, 1.82) is 0 Å². The molecule has 0 saturated heterocycles. The van der Waals surface area contributed by atoms with Gasteiger partial charge in [-0.3, -0.25) is 0 Å². The number of benzene rings is 2. The molecule has 0 saturated carbocycles. The van der Waals surface area contributed by atoms with Gasteiger partial charge in [-0.1, -0.05) is 41.9 Å². The predicted octanol–water partition coefficient (Wildman–Crippen LogP) is 3.77. The Balaban J connectivity index is 1.94. The number of aliphatic hydroxyl groups is 1. The average Bonchev–Trinajstić information content (AvgIpc) is 2.55. The van der Waals surface area contributed by atoms with Crippen LogP contribution in [-0.2, 0) is 0 Å². The van der Waals surface area contributed by atoms with Crippen LogP contribution in [0.5, 0.6) is 0 Å². The van der Waals surface area contributed by atoms with Crippen molar-refractivity contribution in [2.45, 2.75) is 12.3 Å². The number of amides is 2. The lowest BCUT2D eigenvalue weighted by Gasteiger charge is -2.17. The number of carbonyl (C=O) groups is 1. The molecule has 1 unspecified atom stereocenters. The summed E-state index contributed by atoms with van der Waals surface area (Å²) in [5.74, 6) is -0.455. The van der Waals surface area contributed by atoms with Crippen molar-refractivity contribution in [3.8, 4) is 0 Å². The molecular weight excluding hydrogens is 319 g/mol.